The quantitative estimate of drug-likeness (QED) is 0.344. The molecule has 0 bridgehead atoms. The first-order valence-corrected chi connectivity index (χ1v) is 8.88. The van der Waals surface area contributed by atoms with Gasteiger partial charge in [-0.1, -0.05) is 43.0 Å². The second-order valence-electron chi connectivity index (χ2n) is 6.26. The van der Waals surface area contributed by atoms with Crippen molar-refractivity contribution in [1.29, 1.82) is 0 Å². The number of nitrogens with one attached hydrogen (secondary N) is 3. The standard InChI is InChI=1S/C22H17N5O2/c1-2-19(28)25-15-9-6-10-16(11-15)26-21-17-12-18(27-22(17)24-13-23-21)20(29)14-7-4-3-5-8-14/h2-13H,1H2,(H,25,28)(H2,23,24,26,27). The van der Waals surface area contributed by atoms with E-state index in [9.17, 15) is 9.59 Å². The summed E-state index contributed by atoms with van der Waals surface area (Å²) in [5.41, 5.74) is 2.93. The molecule has 3 N–H and O–H groups in total. The molecule has 4 aromatic rings. The molecular weight excluding hydrogens is 366 g/mol. The second-order valence-corrected chi connectivity index (χ2v) is 6.26. The van der Waals surface area contributed by atoms with Crippen molar-refractivity contribution in [3.05, 3.63) is 90.9 Å². The van der Waals surface area contributed by atoms with Crippen LogP contribution in [0.4, 0.5) is 17.2 Å². The summed E-state index contributed by atoms with van der Waals surface area (Å²) in [6.45, 7) is 3.44. The van der Waals surface area contributed by atoms with E-state index in [0.717, 1.165) is 5.69 Å². The Hall–Kier alpha value is -4.26. The van der Waals surface area contributed by atoms with Crippen LogP contribution >= 0.6 is 0 Å². The number of anilines is 3. The van der Waals surface area contributed by atoms with Crippen LogP contribution < -0.4 is 10.6 Å². The number of carbonyl (C=O) groups excluding carboxylic acids is 2. The van der Waals surface area contributed by atoms with E-state index in [-0.39, 0.29) is 11.7 Å². The van der Waals surface area contributed by atoms with Crippen LogP contribution in [0, 0.1) is 0 Å². The van der Waals surface area contributed by atoms with Gasteiger partial charge in [0, 0.05) is 16.9 Å². The monoisotopic (exact) mass is 383 g/mol. The first-order chi connectivity index (χ1) is 14.1. The molecule has 0 aliphatic rings. The van der Waals surface area contributed by atoms with E-state index in [4.69, 9.17) is 0 Å². The van der Waals surface area contributed by atoms with Gasteiger partial charge >= 0.3 is 0 Å². The Morgan fingerprint density at radius 1 is 0.966 bits per heavy atom. The van der Waals surface area contributed by atoms with Crippen LogP contribution in [0.1, 0.15) is 16.1 Å². The molecule has 29 heavy (non-hydrogen) atoms. The average molecular weight is 383 g/mol. The number of amides is 1. The molecule has 0 aliphatic carbocycles. The molecule has 2 heterocycles. The number of hydrogen-bond acceptors (Lipinski definition) is 5. The first kappa shape index (κ1) is 18.1. The van der Waals surface area contributed by atoms with Gasteiger partial charge in [0.05, 0.1) is 11.1 Å². The number of nitrogens with zero attached hydrogens (tertiary/aromatic N) is 2. The lowest BCUT2D eigenvalue weighted by Gasteiger charge is -2.08. The number of aromatic nitrogens is 3. The molecule has 1 amide bonds. The van der Waals surface area contributed by atoms with E-state index >= 15 is 0 Å². The summed E-state index contributed by atoms with van der Waals surface area (Å²) < 4.78 is 0. The SMILES string of the molecule is C=CC(=O)Nc1cccc(Nc2ncnc3[nH]c(C(=O)c4ccccc4)cc23)c1. The van der Waals surface area contributed by atoms with Gasteiger partial charge in [-0.05, 0) is 30.3 Å². The molecule has 0 radical (unpaired) electrons. The number of rotatable bonds is 6. The van der Waals surface area contributed by atoms with Crippen molar-refractivity contribution >= 4 is 39.9 Å². The van der Waals surface area contributed by atoms with Crippen LogP contribution in [0.3, 0.4) is 0 Å². The molecule has 0 saturated heterocycles. The molecular formula is C22H17N5O2. The molecule has 0 fully saturated rings. The van der Waals surface area contributed by atoms with E-state index in [1.165, 1.54) is 12.4 Å². The summed E-state index contributed by atoms with van der Waals surface area (Å²) in [6.07, 6.45) is 2.63. The number of aromatic amines is 1. The van der Waals surface area contributed by atoms with Crippen molar-refractivity contribution in [3.8, 4) is 0 Å². The van der Waals surface area contributed by atoms with Gasteiger partial charge in [-0.2, -0.15) is 0 Å². The Labute approximate surface area is 166 Å². The minimum absolute atomic E-state index is 0.122. The fraction of sp³-hybridized carbons (Fsp3) is 0. The Balaban J connectivity index is 1.64. The molecule has 7 heteroatoms. The maximum atomic E-state index is 12.7. The normalized spacial score (nSPS) is 10.5. The summed E-state index contributed by atoms with van der Waals surface area (Å²) in [6, 6.07) is 18.0. The Kier molecular flexibility index (Phi) is 4.86. The molecule has 2 aromatic carbocycles. The van der Waals surface area contributed by atoms with Crippen molar-refractivity contribution in [3.63, 3.8) is 0 Å². The molecule has 142 valence electrons. The van der Waals surface area contributed by atoms with E-state index in [1.807, 2.05) is 24.3 Å². The highest BCUT2D eigenvalue weighted by Crippen LogP contribution is 2.26. The highest BCUT2D eigenvalue weighted by atomic mass is 16.1. The van der Waals surface area contributed by atoms with Crippen molar-refractivity contribution in [2.75, 3.05) is 10.6 Å². The minimum atomic E-state index is -0.290. The third kappa shape index (κ3) is 3.89. The summed E-state index contributed by atoms with van der Waals surface area (Å²) in [5.74, 6) is 0.135. The Bertz CT molecular complexity index is 1210. The van der Waals surface area contributed by atoms with Crippen LogP contribution in [-0.2, 0) is 4.79 Å². The van der Waals surface area contributed by atoms with Gasteiger partial charge in [-0.3, -0.25) is 9.59 Å². The van der Waals surface area contributed by atoms with Crippen LogP contribution in [0.5, 0.6) is 0 Å². The summed E-state index contributed by atoms with van der Waals surface area (Å²) >= 11 is 0. The van der Waals surface area contributed by atoms with Crippen molar-refractivity contribution in [2.24, 2.45) is 0 Å². The molecule has 2 aromatic heterocycles. The lowest BCUT2D eigenvalue weighted by atomic mass is 10.1. The van der Waals surface area contributed by atoms with Crippen molar-refractivity contribution in [1.82, 2.24) is 15.0 Å². The van der Waals surface area contributed by atoms with Gasteiger partial charge in [0.15, 0.2) is 0 Å². The zero-order chi connectivity index (χ0) is 20.2. The van der Waals surface area contributed by atoms with Crippen molar-refractivity contribution in [2.45, 2.75) is 0 Å². The molecule has 0 saturated carbocycles. The summed E-state index contributed by atoms with van der Waals surface area (Å²) in [7, 11) is 0. The van der Waals surface area contributed by atoms with Crippen LogP contribution in [-0.4, -0.2) is 26.6 Å². The van der Waals surface area contributed by atoms with E-state index < -0.39 is 0 Å². The third-order valence-electron chi connectivity index (χ3n) is 4.28. The Morgan fingerprint density at radius 3 is 2.55 bits per heavy atom. The molecule has 4 rings (SSSR count). The lowest BCUT2D eigenvalue weighted by Crippen LogP contribution is -2.07. The number of benzene rings is 2. The van der Waals surface area contributed by atoms with Gasteiger partial charge in [0.1, 0.15) is 17.8 Å². The fourth-order valence-electron chi connectivity index (χ4n) is 2.91. The van der Waals surface area contributed by atoms with Gasteiger partial charge < -0.3 is 15.6 Å². The molecule has 0 atom stereocenters. The maximum absolute atomic E-state index is 12.7. The van der Waals surface area contributed by atoms with Crippen LogP contribution in [0.15, 0.2) is 79.6 Å². The van der Waals surface area contributed by atoms with E-state index in [1.54, 1.807) is 36.4 Å². The predicted octanol–water partition coefficient (Wildman–Crippen LogP) is 4.06. The number of ketones is 1. The number of hydrogen-bond donors (Lipinski definition) is 3. The van der Waals surface area contributed by atoms with Crippen molar-refractivity contribution < 1.29 is 9.59 Å². The number of carbonyl (C=O) groups is 2. The zero-order valence-corrected chi connectivity index (χ0v) is 15.3. The second kappa shape index (κ2) is 7.77. The van der Waals surface area contributed by atoms with Gasteiger partial charge in [-0.25, -0.2) is 9.97 Å². The molecule has 0 unspecified atom stereocenters. The molecule has 7 nitrogen and oxygen atoms in total. The molecule has 0 spiro atoms. The largest absolute Gasteiger partial charge is 0.340 e. The third-order valence-corrected chi connectivity index (χ3v) is 4.28. The lowest BCUT2D eigenvalue weighted by molar-refractivity contribution is -0.111. The van der Waals surface area contributed by atoms with E-state index in [0.29, 0.717) is 33.8 Å². The van der Waals surface area contributed by atoms with Crippen LogP contribution in [0.25, 0.3) is 11.0 Å². The summed E-state index contributed by atoms with van der Waals surface area (Å²) in [4.78, 5) is 35.8. The summed E-state index contributed by atoms with van der Waals surface area (Å²) in [5, 5.41) is 6.61. The number of H-pyrrole nitrogens is 1. The number of fused-ring (bicyclic) bond motifs is 1. The van der Waals surface area contributed by atoms with Gasteiger partial charge in [0.2, 0.25) is 11.7 Å². The highest BCUT2D eigenvalue weighted by Gasteiger charge is 2.15. The topological polar surface area (TPSA) is 99.8 Å². The zero-order valence-electron chi connectivity index (χ0n) is 15.3. The smallest absolute Gasteiger partial charge is 0.247 e. The fourth-order valence-corrected chi connectivity index (χ4v) is 2.91. The predicted molar refractivity (Wildman–Crippen MR) is 112 cm³/mol. The van der Waals surface area contributed by atoms with E-state index in [2.05, 4.69) is 32.2 Å². The highest BCUT2D eigenvalue weighted by molar-refractivity contribution is 6.10. The Morgan fingerprint density at radius 2 is 1.76 bits per heavy atom. The molecule has 0 aliphatic heterocycles. The van der Waals surface area contributed by atoms with Gasteiger partial charge in [-0.15, -0.1) is 0 Å². The first-order valence-electron chi connectivity index (χ1n) is 8.88. The maximum Gasteiger partial charge on any atom is 0.247 e. The average Bonchev–Trinajstić information content (AvgIpc) is 3.19. The van der Waals surface area contributed by atoms with Crippen LogP contribution in [0.2, 0.25) is 0 Å². The minimum Gasteiger partial charge on any atom is -0.340 e. The van der Waals surface area contributed by atoms with Gasteiger partial charge in [0.25, 0.3) is 0 Å².